The summed E-state index contributed by atoms with van der Waals surface area (Å²) in [6.45, 7) is 2.17. The monoisotopic (exact) mass is 318 g/mol. The largest absolute Gasteiger partial charge is 0.0619 e. The van der Waals surface area contributed by atoms with E-state index in [0.29, 0.717) is 0 Å². The van der Waals surface area contributed by atoms with E-state index in [1.165, 1.54) is 60.8 Å². The van der Waals surface area contributed by atoms with Gasteiger partial charge in [0.25, 0.3) is 0 Å². The minimum absolute atomic E-state index is 1.06. The first-order valence-electron chi connectivity index (χ1n) is 9.04. The molecule has 4 aromatic rings. The molecule has 2 aliphatic carbocycles. The highest BCUT2D eigenvalue weighted by Crippen LogP contribution is 2.45. The molecule has 0 atom stereocenters. The Kier molecular flexibility index (Phi) is 2.48. The van der Waals surface area contributed by atoms with Gasteiger partial charge in [-0.1, -0.05) is 54.1 Å². The van der Waals surface area contributed by atoms with Gasteiger partial charge < -0.3 is 0 Å². The van der Waals surface area contributed by atoms with Crippen LogP contribution in [0.5, 0.6) is 0 Å². The smallest absolute Gasteiger partial charge is 0.00130 e. The minimum Gasteiger partial charge on any atom is -0.0619 e. The van der Waals surface area contributed by atoms with E-state index >= 15 is 0 Å². The molecule has 0 fully saturated rings. The zero-order valence-corrected chi connectivity index (χ0v) is 14.3. The standard InChI is InChI=1S/C25H18/c1-15-6-7-16-12-24-19(10-18(16)8-15)11-21-13-23-20(14-25(21)24)9-17-4-2-3-5-22(17)23/h2-8,10,12-14H,9,11H2,1H3. The SMILES string of the molecule is Cc1ccc2cc3c(cc2c1)Cc1cc2c(cc1-3)Cc1ccccc1-2. The molecule has 2 aliphatic rings. The van der Waals surface area contributed by atoms with Gasteiger partial charge >= 0.3 is 0 Å². The number of hydrogen-bond donors (Lipinski definition) is 0. The third-order valence-corrected chi connectivity index (χ3v) is 5.91. The van der Waals surface area contributed by atoms with Crippen molar-refractivity contribution in [3.05, 3.63) is 94.5 Å². The highest BCUT2D eigenvalue weighted by atomic mass is 14.3. The summed E-state index contributed by atoms with van der Waals surface area (Å²) in [5, 5.41) is 2.71. The predicted octanol–water partition coefficient (Wildman–Crippen LogP) is 6.29. The third-order valence-electron chi connectivity index (χ3n) is 5.91. The van der Waals surface area contributed by atoms with Gasteiger partial charge in [0, 0.05) is 0 Å². The van der Waals surface area contributed by atoms with Crippen molar-refractivity contribution in [2.45, 2.75) is 19.8 Å². The van der Waals surface area contributed by atoms with Gasteiger partial charge in [-0.2, -0.15) is 0 Å². The Hall–Kier alpha value is -2.86. The quantitative estimate of drug-likeness (QED) is 0.309. The molecule has 0 amide bonds. The molecule has 0 radical (unpaired) electrons. The lowest BCUT2D eigenvalue weighted by Crippen LogP contribution is -1.85. The molecule has 0 saturated carbocycles. The molecule has 25 heavy (non-hydrogen) atoms. The van der Waals surface area contributed by atoms with Crippen LogP contribution >= 0.6 is 0 Å². The van der Waals surface area contributed by atoms with E-state index in [0.717, 1.165) is 12.8 Å². The van der Waals surface area contributed by atoms with Crippen LogP contribution < -0.4 is 0 Å². The highest BCUT2D eigenvalue weighted by molar-refractivity contribution is 5.93. The Morgan fingerprint density at radius 1 is 0.520 bits per heavy atom. The summed E-state index contributed by atoms with van der Waals surface area (Å²) >= 11 is 0. The lowest BCUT2D eigenvalue weighted by Gasteiger charge is -2.07. The highest BCUT2D eigenvalue weighted by Gasteiger charge is 2.25. The Morgan fingerprint density at radius 3 is 2.08 bits per heavy atom. The molecule has 0 heterocycles. The van der Waals surface area contributed by atoms with Crippen LogP contribution in [0.4, 0.5) is 0 Å². The van der Waals surface area contributed by atoms with Crippen molar-refractivity contribution in [3.63, 3.8) is 0 Å². The average Bonchev–Trinajstić information content (AvgIpc) is 3.15. The van der Waals surface area contributed by atoms with Crippen molar-refractivity contribution in [2.75, 3.05) is 0 Å². The molecular formula is C25H18. The Labute approximate surface area is 147 Å². The van der Waals surface area contributed by atoms with Gasteiger partial charge in [-0.3, -0.25) is 0 Å². The van der Waals surface area contributed by atoms with E-state index in [4.69, 9.17) is 0 Å². The predicted molar refractivity (Wildman–Crippen MR) is 105 cm³/mol. The zero-order chi connectivity index (χ0) is 16.5. The molecule has 0 heteroatoms. The van der Waals surface area contributed by atoms with Crippen LogP contribution in [0.25, 0.3) is 33.0 Å². The molecule has 0 unspecified atom stereocenters. The maximum absolute atomic E-state index is 2.45. The van der Waals surface area contributed by atoms with Gasteiger partial charge in [-0.25, -0.2) is 0 Å². The molecule has 0 spiro atoms. The van der Waals surface area contributed by atoms with Crippen molar-refractivity contribution >= 4 is 10.8 Å². The van der Waals surface area contributed by atoms with Gasteiger partial charge in [0.15, 0.2) is 0 Å². The molecule has 0 bridgehead atoms. The second kappa shape index (κ2) is 4.61. The first kappa shape index (κ1) is 13.4. The number of benzene rings is 4. The fourth-order valence-electron chi connectivity index (χ4n) is 4.69. The Morgan fingerprint density at radius 2 is 1.20 bits per heavy atom. The van der Waals surface area contributed by atoms with Crippen LogP contribution in [0.15, 0.2) is 66.7 Å². The van der Waals surface area contributed by atoms with Gasteiger partial charge in [0.1, 0.15) is 0 Å². The fourth-order valence-corrected chi connectivity index (χ4v) is 4.69. The zero-order valence-electron chi connectivity index (χ0n) is 14.3. The maximum Gasteiger partial charge on any atom is -0.00130 e. The molecule has 0 saturated heterocycles. The van der Waals surface area contributed by atoms with Gasteiger partial charge in [0.05, 0.1) is 0 Å². The first-order valence-corrected chi connectivity index (χ1v) is 9.04. The maximum atomic E-state index is 2.45. The van der Waals surface area contributed by atoms with Crippen molar-refractivity contribution in [3.8, 4) is 22.3 Å². The van der Waals surface area contributed by atoms with Crippen LogP contribution in [0.1, 0.15) is 27.8 Å². The second-order valence-corrected chi connectivity index (χ2v) is 7.54. The Balaban J connectivity index is 1.57. The summed E-state index contributed by atoms with van der Waals surface area (Å²) in [7, 11) is 0. The minimum atomic E-state index is 1.06. The molecular weight excluding hydrogens is 300 g/mol. The van der Waals surface area contributed by atoms with Gasteiger partial charge in [-0.05, 0) is 93.2 Å². The summed E-state index contributed by atoms with van der Waals surface area (Å²) < 4.78 is 0. The van der Waals surface area contributed by atoms with Crippen molar-refractivity contribution in [1.82, 2.24) is 0 Å². The lowest BCUT2D eigenvalue weighted by atomic mass is 9.97. The lowest BCUT2D eigenvalue weighted by molar-refractivity contribution is 1.24. The van der Waals surface area contributed by atoms with E-state index in [1.807, 2.05) is 0 Å². The van der Waals surface area contributed by atoms with Crippen LogP contribution in [0, 0.1) is 6.92 Å². The molecule has 0 aromatic heterocycles. The fraction of sp³-hybridized carbons (Fsp3) is 0.120. The molecule has 0 nitrogen and oxygen atoms in total. The van der Waals surface area contributed by atoms with Crippen LogP contribution in [0.3, 0.4) is 0 Å². The summed E-state index contributed by atoms with van der Waals surface area (Å²) in [6.07, 6.45) is 2.13. The number of aryl methyl sites for hydroxylation is 1. The summed E-state index contributed by atoms with van der Waals surface area (Å²) in [6, 6.07) is 25.3. The van der Waals surface area contributed by atoms with Crippen molar-refractivity contribution < 1.29 is 0 Å². The molecule has 4 aromatic carbocycles. The number of fused-ring (bicyclic) bond motifs is 7. The molecule has 0 aliphatic heterocycles. The summed E-state index contributed by atoms with van der Waals surface area (Å²) in [4.78, 5) is 0. The van der Waals surface area contributed by atoms with Crippen LogP contribution in [-0.4, -0.2) is 0 Å². The van der Waals surface area contributed by atoms with E-state index in [9.17, 15) is 0 Å². The summed E-state index contributed by atoms with van der Waals surface area (Å²) in [5.41, 5.74) is 13.0. The van der Waals surface area contributed by atoms with E-state index in [-0.39, 0.29) is 0 Å². The number of hydrogen-bond acceptors (Lipinski definition) is 0. The molecule has 118 valence electrons. The van der Waals surface area contributed by atoms with E-state index < -0.39 is 0 Å². The second-order valence-electron chi connectivity index (χ2n) is 7.54. The van der Waals surface area contributed by atoms with Crippen LogP contribution in [0.2, 0.25) is 0 Å². The topological polar surface area (TPSA) is 0 Å². The van der Waals surface area contributed by atoms with Crippen LogP contribution in [-0.2, 0) is 12.8 Å². The summed E-state index contributed by atoms with van der Waals surface area (Å²) in [5.74, 6) is 0. The van der Waals surface area contributed by atoms with Gasteiger partial charge in [-0.15, -0.1) is 0 Å². The normalized spacial score (nSPS) is 13.5. The van der Waals surface area contributed by atoms with E-state index in [1.54, 1.807) is 0 Å². The third kappa shape index (κ3) is 1.83. The van der Waals surface area contributed by atoms with Crippen molar-refractivity contribution in [1.29, 1.82) is 0 Å². The number of rotatable bonds is 0. The van der Waals surface area contributed by atoms with Crippen molar-refractivity contribution in [2.24, 2.45) is 0 Å². The Bertz CT molecular complexity index is 1190. The molecule has 6 rings (SSSR count). The van der Waals surface area contributed by atoms with E-state index in [2.05, 4.69) is 73.7 Å². The van der Waals surface area contributed by atoms with Gasteiger partial charge in [0.2, 0.25) is 0 Å². The average molecular weight is 318 g/mol. The first-order chi connectivity index (χ1) is 12.3. The molecule has 0 N–H and O–H groups in total.